The molecular formula is C32H29FN6O2. The molecule has 0 fully saturated rings. The maximum Gasteiger partial charge on any atom is 0.200 e. The van der Waals surface area contributed by atoms with Gasteiger partial charge in [0, 0.05) is 6.54 Å². The Morgan fingerprint density at radius 3 is 2.68 bits per heavy atom. The lowest BCUT2D eigenvalue weighted by molar-refractivity contribution is 0.515. The minimum Gasteiger partial charge on any atom is -0.458 e. The molecule has 5 rings (SSSR count). The summed E-state index contributed by atoms with van der Waals surface area (Å²) < 4.78 is 20.5. The van der Waals surface area contributed by atoms with Gasteiger partial charge in [-0.25, -0.2) is 14.4 Å². The Kier molecular flexibility index (Phi) is 7.60. The van der Waals surface area contributed by atoms with E-state index in [0.29, 0.717) is 44.9 Å². The van der Waals surface area contributed by atoms with Gasteiger partial charge in [0.15, 0.2) is 0 Å². The van der Waals surface area contributed by atoms with Gasteiger partial charge in [-0.3, -0.25) is 9.79 Å². The fourth-order valence-electron chi connectivity index (χ4n) is 4.79. The molecule has 0 spiro atoms. The molecule has 0 saturated carbocycles. The number of hydrogen-bond donors (Lipinski definition) is 3. The molecule has 0 radical (unpaired) electrons. The van der Waals surface area contributed by atoms with Gasteiger partial charge >= 0.3 is 0 Å². The second kappa shape index (κ2) is 11.4. The van der Waals surface area contributed by atoms with Crippen LogP contribution in [-0.2, 0) is 0 Å². The Morgan fingerprint density at radius 2 is 1.93 bits per heavy atom. The lowest BCUT2D eigenvalue weighted by Gasteiger charge is -2.21. The first-order valence-corrected chi connectivity index (χ1v) is 13.0. The van der Waals surface area contributed by atoms with E-state index in [-0.39, 0.29) is 16.8 Å². The summed E-state index contributed by atoms with van der Waals surface area (Å²) in [6.45, 7) is 12.5. The first kappa shape index (κ1) is 27.3. The summed E-state index contributed by atoms with van der Waals surface area (Å²) >= 11 is 0. The van der Waals surface area contributed by atoms with E-state index in [0.717, 1.165) is 17.8 Å². The highest BCUT2D eigenvalue weighted by molar-refractivity contribution is 5.90. The van der Waals surface area contributed by atoms with Crippen molar-refractivity contribution >= 4 is 46.3 Å². The van der Waals surface area contributed by atoms with E-state index >= 15 is 0 Å². The van der Waals surface area contributed by atoms with Crippen molar-refractivity contribution in [3.8, 4) is 11.1 Å². The molecule has 0 aliphatic heterocycles. The maximum absolute atomic E-state index is 14.2. The van der Waals surface area contributed by atoms with Crippen LogP contribution in [0.1, 0.15) is 36.8 Å². The van der Waals surface area contributed by atoms with Gasteiger partial charge in [0.05, 0.1) is 33.9 Å². The van der Waals surface area contributed by atoms with Gasteiger partial charge in [0.1, 0.15) is 35.1 Å². The van der Waals surface area contributed by atoms with E-state index in [2.05, 4.69) is 38.9 Å². The Labute approximate surface area is 236 Å². The normalized spacial score (nSPS) is 11.7. The minimum absolute atomic E-state index is 0.217. The number of rotatable bonds is 9. The third-order valence-corrected chi connectivity index (χ3v) is 6.75. The number of hydrogen-bond acceptors (Lipinski definition) is 8. The number of aromatic nitrogens is 2. The molecular weight excluding hydrogens is 519 g/mol. The van der Waals surface area contributed by atoms with E-state index in [1.165, 1.54) is 18.5 Å². The van der Waals surface area contributed by atoms with Crippen LogP contribution in [-0.4, -0.2) is 23.2 Å². The van der Waals surface area contributed by atoms with Crippen LogP contribution < -0.4 is 21.8 Å². The number of nitrogens with zero attached hydrogens (tertiary/aromatic N) is 3. The summed E-state index contributed by atoms with van der Waals surface area (Å²) in [5.41, 5.74) is 10.5. The zero-order valence-corrected chi connectivity index (χ0v) is 22.7. The van der Waals surface area contributed by atoms with Crippen molar-refractivity contribution in [3.05, 3.63) is 113 Å². The molecule has 9 heteroatoms. The summed E-state index contributed by atoms with van der Waals surface area (Å²) in [4.78, 5) is 26.5. The van der Waals surface area contributed by atoms with E-state index in [9.17, 15) is 9.18 Å². The lowest BCUT2D eigenvalue weighted by atomic mass is 9.97. The van der Waals surface area contributed by atoms with Crippen molar-refractivity contribution < 1.29 is 8.81 Å². The largest absolute Gasteiger partial charge is 0.458 e. The van der Waals surface area contributed by atoms with Crippen LogP contribution in [0.4, 0.5) is 27.4 Å². The van der Waals surface area contributed by atoms with Crippen LogP contribution in [0.15, 0.2) is 93.8 Å². The van der Waals surface area contributed by atoms with Gasteiger partial charge in [0.2, 0.25) is 5.43 Å². The quantitative estimate of drug-likeness (QED) is 0.170. The molecule has 0 aliphatic carbocycles. The monoisotopic (exact) mass is 548 g/mol. The van der Waals surface area contributed by atoms with E-state index in [1.54, 1.807) is 36.4 Å². The smallest absolute Gasteiger partial charge is 0.200 e. The van der Waals surface area contributed by atoms with E-state index in [1.807, 2.05) is 32.0 Å². The fourth-order valence-corrected chi connectivity index (χ4v) is 4.79. The first-order valence-electron chi connectivity index (χ1n) is 13.0. The number of nitrogens with one attached hydrogen (secondary N) is 2. The predicted octanol–water partition coefficient (Wildman–Crippen LogP) is 6.97. The molecule has 206 valence electrons. The zero-order chi connectivity index (χ0) is 29.1. The van der Waals surface area contributed by atoms with Crippen molar-refractivity contribution in [1.82, 2.24) is 9.97 Å². The Balaban J connectivity index is 1.60. The molecule has 1 atom stereocenters. The second-order valence-corrected chi connectivity index (χ2v) is 9.42. The number of aliphatic imine (C=N–C) groups is 1. The SMILES string of the molecule is C=Nc1cc(C(=C)c2c(N)ncnc2NC(C)c2oc3ccccc3c(=O)c2-c2cccc(F)c2)ccc1NCC. The summed E-state index contributed by atoms with van der Waals surface area (Å²) in [7, 11) is 0. The van der Waals surface area contributed by atoms with Gasteiger partial charge in [-0.15, -0.1) is 0 Å². The summed E-state index contributed by atoms with van der Waals surface area (Å²) in [6, 6.07) is 17.9. The van der Waals surface area contributed by atoms with Crippen molar-refractivity contribution in [2.45, 2.75) is 19.9 Å². The second-order valence-electron chi connectivity index (χ2n) is 9.42. The Morgan fingerprint density at radius 1 is 1.12 bits per heavy atom. The van der Waals surface area contributed by atoms with Crippen molar-refractivity contribution in [2.75, 3.05) is 22.9 Å². The lowest BCUT2D eigenvalue weighted by Crippen LogP contribution is -2.17. The molecule has 5 aromatic rings. The van der Waals surface area contributed by atoms with Crippen LogP contribution in [0.3, 0.4) is 0 Å². The maximum atomic E-state index is 14.2. The van der Waals surface area contributed by atoms with Crippen molar-refractivity contribution in [3.63, 3.8) is 0 Å². The minimum atomic E-state index is -0.590. The topological polar surface area (TPSA) is 118 Å². The molecule has 2 heterocycles. The van der Waals surface area contributed by atoms with Crippen LogP contribution in [0.25, 0.3) is 27.7 Å². The highest BCUT2D eigenvalue weighted by Crippen LogP contribution is 2.37. The van der Waals surface area contributed by atoms with Crippen LogP contribution in [0.2, 0.25) is 0 Å². The highest BCUT2D eigenvalue weighted by atomic mass is 19.1. The van der Waals surface area contributed by atoms with Gasteiger partial charge in [0.25, 0.3) is 0 Å². The molecule has 0 saturated heterocycles. The molecule has 2 aromatic heterocycles. The van der Waals surface area contributed by atoms with Crippen LogP contribution >= 0.6 is 0 Å². The number of anilines is 3. The number of fused-ring (bicyclic) bond motifs is 1. The number of halogens is 1. The summed E-state index contributed by atoms with van der Waals surface area (Å²) in [5, 5.41) is 6.98. The third-order valence-electron chi connectivity index (χ3n) is 6.75. The predicted molar refractivity (Wildman–Crippen MR) is 164 cm³/mol. The van der Waals surface area contributed by atoms with Gasteiger partial charge < -0.3 is 20.8 Å². The Bertz CT molecular complexity index is 1850. The van der Waals surface area contributed by atoms with Crippen LogP contribution in [0.5, 0.6) is 0 Å². The average Bonchev–Trinajstić information content (AvgIpc) is 2.97. The van der Waals surface area contributed by atoms with Crippen LogP contribution in [0, 0.1) is 5.82 Å². The van der Waals surface area contributed by atoms with Gasteiger partial charge in [-0.2, -0.15) is 0 Å². The first-order chi connectivity index (χ1) is 19.8. The summed E-state index contributed by atoms with van der Waals surface area (Å²) in [6.07, 6.45) is 1.34. The molecule has 1 unspecified atom stereocenters. The fraction of sp³-hybridized carbons (Fsp3) is 0.125. The number of nitrogen functional groups attached to an aromatic ring is 1. The Hall–Kier alpha value is -5.31. The molecule has 3 aromatic carbocycles. The molecule has 4 N–H and O–H groups in total. The molecule has 0 aliphatic rings. The van der Waals surface area contributed by atoms with Gasteiger partial charge in [-0.1, -0.05) is 36.9 Å². The average molecular weight is 549 g/mol. The van der Waals surface area contributed by atoms with Gasteiger partial charge in [-0.05, 0) is 73.7 Å². The van der Waals surface area contributed by atoms with E-state index < -0.39 is 11.9 Å². The number of para-hydroxylation sites is 1. The molecule has 0 bridgehead atoms. The van der Waals surface area contributed by atoms with E-state index in [4.69, 9.17) is 10.2 Å². The van der Waals surface area contributed by atoms with Crippen molar-refractivity contribution in [1.29, 1.82) is 0 Å². The summed E-state index contributed by atoms with van der Waals surface area (Å²) in [5.74, 6) is 0.465. The molecule has 41 heavy (non-hydrogen) atoms. The highest BCUT2D eigenvalue weighted by Gasteiger charge is 2.24. The molecule has 8 nitrogen and oxygen atoms in total. The number of nitrogens with two attached hydrogens (primary N) is 1. The zero-order valence-electron chi connectivity index (χ0n) is 22.7. The van der Waals surface area contributed by atoms with Crippen molar-refractivity contribution in [2.24, 2.45) is 4.99 Å². The standard InChI is InChI=1S/C32H29FN6O2/c1-5-36-24-14-13-20(16-25(24)35-4)18(2)27-31(34)37-17-38-32(27)39-19(3)30-28(21-9-8-10-22(33)15-21)29(40)23-11-6-7-12-26(23)41-30/h6-17,19,36H,2,4-5H2,1,3H3,(H3,34,37,38,39). The third kappa shape index (κ3) is 5.29. The number of benzene rings is 3. The molecule has 0 amide bonds.